The fourth-order valence-corrected chi connectivity index (χ4v) is 2.42. The molecule has 0 fully saturated rings. The van der Waals surface area contributed by atoms with Crippen molar-refractivity contribution in [3.05, 3.63) is 48.0 Å². The maximum absolute atomic E-state index is 12.6. The third-order valence-electron chi connectivity index (χ3n) is 3.66. The number of amides is 3. The molecular weight excluding hydrogens is 350 g/mol. The van der Waals surface area contributed by atoms with Gasteiger partial charge < -0.3 is 21.5 Å². The average molecular weight is 375 g/mol. The Morgan fingerprint density at radius 2 is 1.67 bits per heavy atom. The van der Waals surface area contributed by atoms with E-state index < -0.39 is 35.8 Å². The van der Waals surface area contributed by atoms with Gasteiger partial charge in [-0.3, -0.25) is 14.4 Å². The Morgan fingerprint density at radius 3 is 2.19 bits per heavy atom. The van der Waals surface area contributed by atoms with Crippen molar-refractivity contribution in [2.24, 2.45) is 11.7 Å². The van der Waals surface area contributed by atoms with Crippen molar-refractivity contribution < 1.29 is 24.3 Å². The van der Waals surface area contributed by atoms with E-state index in [1.54, 1.807) is 24.3 Å². The van der Waals surface area contributed by atoms with Crippen LogP contribution >= 0.6 is 0 Å². The zero-order valence-electron chi connectivity index (χ0n) is 15.3. The van der Waals surface area contributed by atoms with Gasteiger partial charge in [-0.05, 0) is 17.9 Å². The molecule has 2 atom stereocenters. The van der Waals surface area contributed by atoms with Crippen LogP contribution in [-0.2, 0) is 25.6 Å². The highest BCUT2D eigenvalue weighted by Gasteiger charge is 2.26. The van der Waals surface area contributed by atoms with E-state index in [0.29, 0.717) is 12.5 Å². The number of carboxylic acids is 1. The first-order valence-corrected chi connectivity index (χ1v) is 8.54. The second-order valence-electron chi connectivity index (χ2n) is 6.52. The minimum Gasteiger partial charge on any atom is -0.478 e. The molecule has 27 heavy (non-hydrogen) atoms. The molecule has 1 rings (SSSR count). The van der Waals surface area contributed by atoms with Gasteiger partial charge in [0, 0.05) is 18.6 Å². The second kappa shape index (κ2) is 10.7. The third kappa shape index (κ3) is 8.66. The first kappa shape index (κ1) is 21.9. The fraction of sp³-hybridized carbons (Fsp3) is 0.368. The summed E-state index contributed by atoms with van der Waals surface area (Å²) in [6.07, 6.45) is 2.05. The molecule has 1 aromatic carbocycles. The number of hydrogen-bond donors (Lipinski definition) is 4. The molecule has 0 saturated heterocycles. The van der Waals surface area contributed by atoms with Crippen LogP contribution in [0.25, 0.3) is 0 Å². The van der Waals surface area contributed by atoms with Crippen LogP contribution in [0, 0.1) is 5.92 Å². The Balaban J connectivity index is 2.93. The molecule has 0 radical (unpaired) electrons. The van der Waals surface area contributed by atoms with Gasteiger partial charge in [0.15, 0.2) is 0 Å². The summed E-state index contributed by atoms with van der Waals surface area (Å²) in [4.78, 5) is 46.7. The van der Waals surface area contributed by atoms with Crippen molar-refractivity contribution in [3.63, 3.8) is 0 Å². The molecule has 0 aromatic heterocycles. The SMILES string of the molecule is CC(C)C[C@@H](NC(=O)[C@H](Cc1ccccc1)NC(=O)/C=C\C(=O)O)C(N)=O. The smallest absolute Gasteiger partial charge is 0.328 e. The summed E-state index contributed by atoms with van der Waals surface area (Å²) >= 11 is 0. The number of carbonyl (C=O) groups is 4. The predicted octanol–water partition coefficient (Wildman–Crippen LogP) is 0.371. The van der Waals surface area contributed by atoms with Gasteiger partial charge in [0.1, 0.15) is 12.1 Å². The number of rotatable bonds is 10. The molecule has 0 heterocycles. The molecular formula is C19H25N3O5. The van der Waals surface area contributed by atoms with Crippen LogP contribution in [0.1, 0.15) is 25.8 Å². The highest BCUT2D eigenvalue weighted by molar-refractivity contribution is 5.97. The lowest BCUT2D eigenvalue weighted by atomic mass is 10.0. The fourth-order valence-electron chi connectivity index (χ4n) is 2.42. The van der Waals surface area contributed by atoms with E-state index in [9.17, 15) is 19.2 Å². The largest absolute Gasteiger partial charge is 0.478 e. The quantitative estimate of drug-likeness (QED) is 0.438. The summed E-state index contributed by atoms with van der Waals surface area (Å²) in [5.41, 5.74) is 6.14. The lowest BCUT2D eigenvalue weighted by Crippen LogP contribution is -2.53. The molecule has 0 aliphatic heterocycles. The number of primary amides is 1. The third-order valence-corrected chi connectivity index (χ3v) is 3.66. The van der Waals surface area contributed by atoms with Crippen molar-refractivity contribution in [1.82, 2.24) is 10.6 Å². The van der Waals surface area contributed by atoms with Gasteiger partial charge in [0.05, 0.1) is 0 Å². The monoisotopic (exact) mass is 375 g/mol. The molecule has 8 nitrogen and oxygen atoms in total. The maximum Gasteiger partial charge on any atom is 0.328 e. The Hall–Kier alpha value is -3.16. The Morgan fingerprint density at radius 1 is 1.04 bits per heavy atom. The molecule has 0 saturated carbocycles. The van der Waals surface area contributed by atoms with Crippen molar-refractivity contribution in [2.45, 2.75) is 38.8 Å². The van der Waals surface area contributed by atoms with Gasteiger partial charge in [0.2, 0.25) is 17.7 Å². The maximum atomic E-state index is 12.6. The molecule has 0 unspecified atom stereocenters. The Kier molecular flexibility index (Phi) is 8.71. The van der Waals surface area contributed by atoms with Gasteiger partial charge in [-0.15, -0.1) is 0 Å². The molecule has 0 bridgehead atoms. The number of carboxylic acid groups (broad SMARTS) is 1. The molecule has 0 aliphatic rings. The van der Waals surface area contributed by atoms with Crippen LogP contribution in [0.2, 0.25) is 0 Å². The number of benzene rings is 1. The number of carbonyl (C=O) groups excluding carboxylic acids is 3. The van der Waals surface area contributed by atoms with E-state index in [-0.39, 0.29) is 12.3 Å². The lowest BCUT2D eigenvalue weighted by molar-refractivity contribution is -0.132. The van der Waals surface area contributed by atoms with Gasteiger partial charge in [0.25, 0.3) is 0 Å². The molecule has 0 aliphatic carbocycles. The van der Waals surface area contributed by atoms with E-state index >= 15 is 0 Å². The van der Waals surface area contributed by atoms with Gasteiger partial charge in [-0.2, -0.15) is 0 Å². The van der Waals surface area contributed by atoms with Gasteiger partial charge >= 0.3 is 5.97 Å². The summed E-state index contributed by atoms with van der Waals surface area (Å²) in [5.74, 6) is -3.11. The van der Waals surface area contributed by atoms with Gasteiger partial charge in [-0.1, -0.05) is 44.2 Å². The molecule has 5 N–H and O–H groups in total. The number of hydrogen-bond acceptors (Lipinski definition) is 4. The summed E-state index contributed by atoms with van der Waals surface area (Å²) in [6.45, 7) is 3.78. The van der Waals surface area contributed by atoms with Crippen LogP contribution in [0.4, 0.5) is 0 Å². The van der Waals surface area contributed by atoms with Crippen molar-refractivity contribution in [1.29, 1.82) is 0 Å². The van der Waals surface area contributed by atoms with E-state index in [0.717, 1.165) is 11.6 Å². The van der Waals surface area contributed by atoms with Crippen LogP contribution in [0.5, 0.6) is 0 Å². The minimum atomic E-state index is -1.28. The van der Waals surface area contributed by atoms with E-state index in [2.05, 4.69) is 10.6 Å². The summed E-state index contributed by atoms with van der Waals surface area (Å²) in [7, 11) is 0. The van der Waals surface area contributed by atoms with Crippen molar-refractivity contribution >= 4 is 23.7 Å². The Bertz CT molecular complexity index is 701. The minimum absolute atomic E-state index is 0.128. The molecule has 0 spiro atoms. The van der Waals surface area contributed by atoms with Crippen molar-refractivity contribution in [3.8, 4) is 0 Å². The van der Waals surface area contributed by atoms with E-state index in [4.69, 9.17) is 10.8 Å². The number of nitrogens with one attached hydrogen (secondary N) is 2. The molecule has 3 amide bonds. The summed E-state index contributed by atoms with van der Waals surface area (Å²) in [6, 6.07) is 7.13. The van der Waals surface area contributed by atoms with Crippen LogP contribution in [0.15, 0.2) is 42.5 Å². The number of aliphatic carboxylic acids is 1. The molecule has 1 aromatic rings. The van der Waals surface area contributed by atoms with Crippen LogP contribution in [-0.4, -0.2) is 40.9 Å². The topological polar surface area (TPSA) is 139 Å². The predicted molar refractivity (Wildman–Crippen MR) is 99.4 cm³/mol. The molecule has 146 valence electrons. The average Bonchev–Trinajstić information content (AvgIpc) is 2.59. The Labute approximate surface area is 157 Å². The summed E-state index contributed by atoms with van der Waals surface area (Å²) in [5, 5.41) is 13.6. The van der Waals surface area contributed by atoms with Crippen LogP contribution in [0.3, 0.4) is 0 Å². The van der Waals surface area contributed by atoms with Gasteiger partial charge in [-0.25, -0.2) is 4.79 Å². The normalized spacial score (nSPS) is 13.1. The molecule has 8 heteroatoms. The zero-order valence-corrected chi connectivity index (χ0v) is 15.3. The van der Waals surface area contributed by atoms with E-state index in [1.807, 2.05) is 19.9 Å². The standard InChI is InChI=1S/C19H25N3O5/c1-12(2)10-14(18(20)26)22-19(27)15(11-13-6-4-3-5-7-13)21-16(23)8-9-17(24)25/h3-9,12,14-15H,10-11H2,1-2H3,(H2,20,26)(H,21,23)(H,22,27)(H,24,25)/b9-8-/t14-,15+/m1/s1. The van der Waals surface area contributed by atoms with E-state index in [1.165, 1.54) is 0 Å². The lowest BCUT2D eigenvalue weighted by Gasteiger charge is -2.22. The van der Waals surface area contributed by atoms with Crippen LogP contribution < -0.4 is 16.4 Å². The summed E-state index contributed by atoms with van der Waals surface area (Å²) < 4.78 is 0. The first-order chi connectivity index (χ1) is 12.7. The number of nitrogens with two attached hydrogens (primary N) is 1. The van der Waals surface area contributed by atoms with Crippen molar-refractivity contribution in [2.75, 3.05) is 0 Å². The zero-order chi connectivity index (χ0) is 20.4. The highest BCUT2D eigenvalue weighted by Crippen LogP contribution is 2.07. The first-order valence-electron chi connectivity index (χ1n) is 8.54. The second-order valence-corrected chi connectivity index (χ2v) is 6.52. The highest BCUT2D eigenvalue weighted by atomic mass is 16.4.